The number of nitrogens with one attached hydrogen (secondary N) is 2. The smallest absolute Gasteiger partial charge is 0.232 e. The summed E-state index contributed by atoms with van der Waals surface area (Å²) in [6.45, 7) is 4.00. The second kappa shape index (κ2) is 5.82. The number of hydrogen-bond donors (Lipinski definition) is 2. The summed E-state index contributed by atoms with van der Waals surface area (Å²) in [4.78, 5) is 18.7. The third-order valence-corrected chi connectivity index (χ3v) is 5.86. The normalized spacial score (nSPS) is 21.2. The zero-order valence-corrected chi connectivity index (χ0v) is 12.9. The van der Waals surface area contributed by atoms with Gasteiger partial charge in [0.2, 0.25) is 5.91 Å². The Bertz CT molecular complexity index is 468. The standard InChI is InChI=1S/C15H23N3OS/c1-2-15(7-9-16-10-8-15)13(19)18-14-17-11-5-3-4-6-12(11)20-14/h16H,2-10H2,1H3,(H,17,18,19). The summed E-state index contributed by atoms with van der Waals surface area (Å²) < 4.78 is 0. The first-order chi connectivity index (χ1) is 9.73. The van der Waals surface area contributed by atoms with E-state index in [9.17, 15) is 4.79 Å². The number of rotatable bonds is 3. The Morgan fingerprint density at radius 1 is 1.35 bits per heavy atom. The number of piperidine rings is 1. The summed E-state index contributed by atoms with van der Waals surface area (Å²) in [6.07, 6.45) is 7.46. The highest BCUT2D eigenvalue weighted by atomic mass is 32.1. The van der Waals surface area contributed by atoms with Crippen LogP contribution in [-0.4, -0.2) is 24.0 Å². The minimum absolute atomic E-state index is 0.174. The van der Waals surface area contributed by atoms with Gasteiger partial charge in [-0.05, 0) is 58.0 Å². The van der Waals surface area contributed by atoms with Gasteiger partial charge in [-0.1, -0.05) is 6.92 Å². The van der Waals surface area contributed by atoms with Gasteiger partial charge in [0.15, 0.2) is 5.13 Å². The average Bonchev–Trinajstić information content (AvgIpc) is 2.90. The molecule has 0 bridgehead atoms. The molecule has 1 amide bonds. The van der Waals surface area contributed by atoms with E-state index in [4.69, 9.17) is 0 Å². The molecule has 1 aliphatic heterocycles. The van der Waals surface area contributed by atoms with Gasteiger partial charge in [-0.2, -0.15) is 0 Å². The Hall–Kier alpha value is -0.940. The van der Waals surface area contributed by atoms with Gasteiger partial charge in [-0.25, -0.2) is 4.98 Å². The number of fused-ring (bicyclic) bond motifs is 1. The summed E-state index contributed by atoms with van der Waals surface area (Å²) in [5.41, 5.74) is 1.02. The van der Waals surface area contributed by atoms with Crippen molar-refractivity contribution in [2.75, 3.05) is 18.4 Å². The lowest BCUT2D eigenvalue weighted by Gasteiger charge is -2.34. The maximum atomic E-state index is 12.7. The van der Waals surface area contributed by atoms with Gasteiger partial charge in [-0.15, -0.1) is 11.3 Å². The quantitative estimate of drug-likeness (QED) is 0.901. The highest BCUT2D eigenvalue weighted by Crippen LogP contribution is 2.35. The second-order valence-corrected chi connectivity index (χ2v) is 7.02. The molecule has 0 spiro atoms. The highest BCUT2D eigenvalue weighted by molar-refractivity contribution is 7.15. The maximum Gasteiger partial charge on any atom is 0.232 e. The molecule has 0 atom stereocenters. The molecular formula is C15H23N3OS. The van der Waals surface area contributed by atoms with Gasteiger partial charge >= 0.3 is 0 Å². The van der Waals surface area contributed by atoms with E-state index in [0.29, 0.717) is 0 Å². The fourth-order valence-corrected chi connectivity index (χ4v) is 4.33. The van der Waals surface area contributed by atoms with Gasteiger partial charge in [0.25, 0.3) is 0 Å². The molecule has 0 saturated carbocycles. The molecule has 20 heavy (non-hydrogen) atoms. The molecule has 2 heterocycles. The zero-order chi connectivity index (χ0) is 14.0. The molecule has 0 radical (unpaired) electrons. The Morgan fingerprint density at radius 2 is 2.10 bits per heavy atom. The van der Waals surface area contributed by atoms with Crippen molar-refractivity contribution >= 4 is 22.4 Å². The van der Waals surface area contributed by atoms with E-state index in [-0.39, 0.29) is 11.3 Å². The van der Waals surface area contributed by atoms with E-state index in [1.807, 2.05) is 0 Å². The number of aromatic nitrogens is 1. The van der Waals surface area contributed by atoms with Crippen LogP contribution in [0.25, 0.3) is 0 Å². The molecule has 2 aliphatic rings. The van der Waals surface area contributed by atoms with E-state index in [1.165, 1.54) is 23.4 Å². The first-order valence-electron chi connectivity index (χ1n) is 7.74. The molecule has 2 N–H and O–H groups in total. The minimum Gasteiger partial charge on any atom is -0.317 e. The van der Waals surface area contributed by atoms with Crippen molar-refractivity contribution in [3.8, 4) is 0 Å². The Morgan fingerprint density at radius 3 is 2.80 bits per heavy atom. The van der Waals surface area contributed by atoms with Crippen LogP contribution in [0.5, 0.6) is 0 Å². The molecule has 5 heteroatoms. The Balaban J connectivity index is 1.73. The fourth-order valence-electron chi connectivity index (χ4n) is 3.28. The Kier molecular flexibility index (Phi) is 4.08. The molecule has 1 aromatic rings. The zero-order valence-electron chi connectivity index (χ0n) is 12.1. The van der Waals surface area contributed by atoms with Crippen molar-refractivity contribution in [3.05, 3.63) is 10.6 Å². The van der Waals surface area contributed by atoms with Crippen LogP contribution in [0.3, 0.4) is 0 Å². The van der Waals surface area contributed by atoms with Crippen LogP contribution in [0.1, 0.15) is 49.6 Å². The predicted molar refractivity (Wildman–Crippen MR) is 82.2 cm³/mol. The van der Waals surface area contributed by atoms with Crippen molar-refractivity contribution in [3.63, 3.8) is 0 Å². The van der Waals surface area contributed by atoms with Crippen molar-refractivity contribution in [1.29, 1.82) is 0 Å². The summed E-state index contributed by atoms with van der Waals surface area (Å²) in [5, 5.41) is 7.25. The number of hydrogen-bond acceptors (Lipinski definition) is 4. The number of carbonyl (C=O) groups is 1. The monoisotopic (exact) mass is 293 g/mol. The van der Waals surface area contributed by atoms with Crippen molar-refractivity contribution in [2.45, 2.75) is 51.9 Å². The van der Waals surface area contributed by atoms with E-state index in [2.05, 4.69) is 22.5 Å². The molecule has 1 saturated heterocycles. The van der Waals surface area contributed by atoms with Crippen LogP contribution in [-0.2, 0) is 17.6 Å². The molecule has 1 aliphatic carbocycles. The number of amides is 1. The molecule has 110 valence electrons. The van der Waals surface area contributed by atoms with E-state index in [1.54, 1.807) is 11.3 Å². The topological polar surface area (TPSA) is 54.0 Å². The molecule has 0 unspecified atom stereocenters. The van der Waals surface area contributed by atoms with E-state index >= 15 is 0 Å². The summed E-state index contributed by atoms with van der Waals surface area (Å²) in [5.74, 6) is 0.174. The van der Waals surface area contributed by atoms with Crippen molar-refractivity contribution in [2.24, 2.45) is 5.41 Å². The number of aryl methyl sites for hydroxylation is 2. The number of carbonyl (C=O) groups excluding carboxylic acids is 1. The van der Waals surface area contributed by atoms with Gasteiger partial charge < -0.3 is 10.6 Å². The van der Waals surface area contributed by atoms with Crippen LogP contribution in [0.15, 0.2) is 0 Å². The van der Waals surface area contributed by atoms with Gasteiger partial charge in [0.05, 0.1) is 11.1 Å². The third kappa shape index (κ3) is 2.61. The van der Waals surface area contributed by atoms with Gasteiger partial charge in [0.1, 0.15) is 0 Å². The molecule has 1 fully saturated rings. The van der Waals surface area contributed by atoms with Crippen molar-refractivity contribution < 1.29 is 4.79 Å². The molecule has 3 rings (SSSR count). The largest absolute Gasteiger partial charge is 0.317 e. The first kappa shape index (κ1) is 14.0. The molecule has 4 nitrogen and oxygen atoms in total. The lowest BCUT2D eigenvalue weighted by molar-refractivity contribution is -0.127. The lowest BCUT2D eigenvalue weighted by atomic mass is 9.76. The van der Waals surface area contributed by atoms with Gasteiger partial charge in [0, 0.05) is 4.88 Å². The van der Waals surface area contributed by atoms with Crippen LogP contribution in [0, 0.1) is 5.41 Å². The van der Waals surface area contributed by atoms with E-state index in [0.717, 1.165) is 50.3 Å². The number of thiazole rings is 1. The fraction of sp³-hybridized carbons (Fsp3) is 0.733. The summed E-state index contributed by atoms with van der Waals surface area (Å²) in [7, 11) is 0. The minimum atomic E-state index is -0.197. The van der Waals surface area contributed by atoms with Crippen molar-refractivity contribution in [1.82, 2.24) is 10.3 Å². The van der Waals surface area contributed by atoms with Crippen LogP contribution >= 0.6 is 11.3 Å². The van der Waals surface area contributed by atoms with Gasteiger partial charge in [-0.3, -0.25) is 4.79 Å². The number of anilines is 1. The van der Waals surface area contributed by atoms with Crippen LogP contribution in [0.2, 0.25) is 0 Å². The maximum absolute atomic E-state index is 12.7. The molecule has 0 aromatic carbocycles. The first-order valence-corrected chi connectivity index (χ1v) is 8.56. The van der Waals surface area contributed by atoms with Crippen LogP contribution in [0.4, 0.5) is 5.13 Å². The Labute approximate surface area is 124 Å². The molecule has 1 aromatic heterocycles. The average molecular weight is 293 g/mol. The summed E-state index contributed by atoms with van der Waals surface area (Å²) >= 11 is 1.68. The third-order valence-electron chi connectivity index (χ3n) is 4.79. The highest BCUT2D eigenvalue weighted by Gasteiger charge is 2.38. The lowest BCUT2D eigenvalue weighted by Crippen LogP contribution is -2.44. The number of nitrogens with zero attached hydrogens (tertiary/aromatic N) is 1. The molecular weight excluding hydrogens is 270 g/mol. The SMILES string of the molecule is CCC1(C(=O)Nc2nc3c(s2)CCCC3)CCNCC1. The second-order valence-electron chi connectivity index (χ2n) is 5.93. The van der Waals surface area contributed by atoms with E-state index < -0.39 is 0 Å². The summed E-state index contributed by atoms with van der Waals surface area (Å²) in [6, 6.07) is 0. The van der Waals surface area contributed by atoms with Crippen LogP contribution < -0.4 is 10.6 Å². The predicted octanol–water partition coefficient (Wildman–Crippen LogP) is 2.74.